The predicted molar refractivity (Wildman–Crippen MR) is 80.0 cm³/mol. The Balaban J connectivity index is 2.30. The molecule has 2 aromatic rings. The van der Waals surface area contributed by atoms with Gasteiger partial charge in [0.2, 0.25) is 0 Å². The summed E-state index contributed by atoms with van der Waals surface area (Å²) in [6.45, 7) is 0. The van der Waals surface area contributed by atoms with E-state index in [1.807, 2.05) is 0 Å². The molecular weight excluding hydrogens is 292 g/mol. The van der Waals surface area contributed by atoms with Crippen LogP contribution in [-0.2, 0) is 9.84 Å². The van der Waals surface area contributed by atoms with Crippen molar-refractivity contribution in [2.75, 3.05) is 17.3 Å². The zero-order chi connectivity index (χ0) is 15.6. The highest BCUT2D eigenvalue weighted by Gasteiger charge is 2.14. The van der Waals surface area contributed by atoms with E-state index in [2.05, 4.69) is 5.32 Å². The Kier molecular flexibility index (Phi) is 3.86. The molecule has 2 aromatic carbocycles. The van der Waals surface area contributed by atoms with Gasteiger partial charge in [-0.15, -0.1) is 0 Å². The fourth-order valence-electron chi connectivity index (χ4n) is 1.75. The van der Waals surface area contributed by atoms with Crippen LogP contribution in [0.25, 0.3) is 0 Å². The average Bonchev–Trinajstić information content (AvgIpc) is 2.41. The molecule has 0 spiro atoms. The molecule has 21 heavy (non-hydrogen) atoms. The Morgan fingerprint density at radius 2 is 1.86 bits per heavy atom. The smallest absolute Gasteiger partial charge is 0.259 e. The molecule has 110 valence electrons. The number of nitrogens with one attached hydrogen (secondary N) is 1. The number of nitrogens with two attached hydrogens (primary N) is 1. The predicted octanol–water partition coefficient (Wildman–Crippen LogP) is 1.63. The molecule has 0 saturated carbocycles. The Labute approximate surface area is 122 Å². The van der Waals surface area contributed by atoms with Crippen LogP contribution in [0.3, 0.4) is 0 Å². The molecule has 0 bridgehead atoms. The minimum absolute atomic E-state index is 0.0137. The van der Waals surface area contributed by atoms with Crippen LogP contribution in [0, 0.1) is 0 Å². The second-order valence-electron chi connectivity index (χ2n) is 4.50. The summed E-state index contributed by atoms with van der Waals surface area (Å²) in [7, 11) is -3.36. The van der Waals surface area contributed by atoms with E-state index in [0.717, 1.165) is 6.26 Å². The Morgan fingerprint density at radius 3 is 2.52 bits per heavy atom. The van der Waals surface area contributed by atoms with Gasteiger partial charge in [-0.2, -0.15) is 0 Å². The number of amides is 1. The van der Waals surface area contributed by atoms with Gasteiger partial charge in [-0.1, -0.05) is 12.1 Å². The summed E-state index contributed by atoms with van der Waals surface area (Å²) in [5.41, 5.74) is 5.94. The summed E-state index contributed by atoms with van der Waals surface area (Å²) in [6.07, 6.45) is 1.08. The van der Waals surface area contributed by atoms with E-state index in [1.54, 1.807) is 6.07 Å². The van der Waals surface area contributed by atoms with Gasteiger partial charge in [-0.3, -0.25) is 4.79 Å². The second kappa shape index (κ2) is 5.45. The standard InChI is InChI=1S/C14H14N2O4S/c1-21(19,20)10-5-2-4-9(8-10)16-14(18)11-6-3-7-12(15)13(11)17/h2-8,17H,15H2,1H3,(H,16,18). The van der Waals surface area contributed by atoms with Crippen molar-refractivity contribution >= 4 is 27.1 Å². The van der Waals surface area contributed by atoms with Crippen LogP contribution in [0.1, 0.15) is 10.4 Å². The van der Waals surface area contributed by atoms with E-state index in [1.165, 1.54) is 36.4 Å². The van der Waals surface area contributed by atoms with Gasteiger partial charge in [0, 0.05) is 11.9 Å². The lowest BCUT2D eigenvalue weighted by Crippen LogP contribution is -2.13. The number of phenolic OH excluding ortho intramolecular Hbond substituents is 1. The van der Waals surface area contributed by atoms with Crippen molar-refractivity contribution in [2.45, 2.75) is 4.90 Å². The quantitative estimate of drug-likeness (QED) is 0.590. The molecule has 0 saturated heterocycles. The first-order chi connectivity index (χ1) is 9.79. The third kappa shape index (κ3) is 3.32. The summed E-state index contributed by atoms with van der Waals surface area (Å²) in [5.74, 6) is -0.889. The highest BCUT2D eigenvalue weighted by Crippen LogP contribution is 2.25. The third-order valence-corrected chi connectivity index (χ3v) is 3.94. The van der Waals surface area contributed by atoms with Crippen molar-refractivity contribution in [2.24, 2.45) is 0 Å². The maximum Gasteiger partial charge on any atom is 0.259 e. The topological polar surface area (TPSA) is 109 Å². The van der Waals surface area contributed by atoms with Crippen LogP contribution in [0.5, 0.6) is 5.75 Å². The van der Waals surface area contributed by atoms with Crippen LogP contribution in [0.15, 0.2) is 47.4 Å². The number of hydrogen-bond acceptors (Lipinski definition) is 5. The molecule has 0 aliphatic heterocycles. The maximum atomic E-state index is 12.1. The van der Waals surface area contributed by atoms with Gasteiger partial charge in [0.05, 0.1) is 16.1 Å². The van der Waals surface area contributed by atoms with Gasteiger partial charge in [-0.05, 0) is 30.3 Å². The number of carbonyl (C=O) groups excluding carboxylic acids is 1. The summed E-state index contributed by atoms with van der Waals surface area (Å²) >= 11 is 0. The van der Waals surface area contributed by atoms with Crippen molar-refractivity contribution in [1.29, 1.82) is 0 Å². The lowest BCUT2D eigenvalue weighted by atomic mass is 10.1. The molecule has 0 radical (unpaired) electrons. The van der Waals surface area contributed by atoms with Gasteiger partial charge >= 0.3 is 0 Å². The van der Waals surface area contributed by atoms with Crippen LogP contribution in [0.2, 0.25) is 0 Å². The largest absolute Gasteiger partial charge is 0.505 e. The molecule has 0 heterocycles. The molecule has 0 unspecified atom stereocenters. The van der Waals surface area contributed by atoms with Crippen LogP contribution < -0.4 is 11.1 Å². The number of benzene rings is 2. The molecule has 1 amide bonds. The number of anilines is 2. The molecule has 0 aliphatic rings. The molecule has 4 N–H and O–H groups in total. The van der Waals surface area contributed by atoms with Crippen LogP contribution >= 0.6 is 0 Å². The molecule has 0 fully saturated rings. The average molecular weight is 306 g/mol. The van der Waals surface area contributed by atoms with Crippen LogP contribution in [-0.4, -0.2) is 25.7 Å². The fourth-order valence-corrected chi connectivity index (χ4v) is 2.41. The van der Waals surface area contributed by atoms with Crippen molar-refractivity contribution in [3.8, 4) is 5.75 Å². The zero-order valence-corrected chi connectivity index (χ0v) is 12.0. The summed E-state index contributed by atoms with van der Waals surface area (Å²) in [5, 5.41) is 12.3. The number of hydrogen-bond donors (Lipinski definition) is 3. The van der Waals surface area contributed by atoms with Gasteiger partial charge in [0.15, 0.2) is 15.6 Å². The van der Waals surface area contributed by atoms with E-state index in [9.17, 15) is 18.3 Å². The van der Waals surface area contributed by atoms with Crippen LogP contribution in [0.4, 0.5) is 11.4 Å². The van der Waals surface area contributed by atoms with E-state index in [-0.39, 0.29) is 21.9 Å². The van der Waals surface area contributed by atoms with Gasteiger partial charge in [0.25, 0.3) is 5.91 Å². The van der Waals surface area contributed by atoms with Crippen molar-refractivity contribution < 1.29 is 18.3 Å². The number of aromatic hydroxyl groups is 1. The van der Waals surface area contributed by atoms with Crippen molar-refractivity contribution in [1.82, 2.24) is 0 Å². The highest BCUT2D eigenvalue weighted by atomic mass is 32.2. The number of nitrogen functional groups attached to an aromatic ring is 1. The number of para-hydroxylation sites is 1. The highest BCUT2D eigenvalue weighted by molar-refractivity contribution is 7.90. The first-order valence-corrected chi connectivity index (χ1v) is 7.87. The van der Waals surface area contributed by atoms with Crippen molar-refractivity contribution in [3.63, 3.8) is 0 Å². The molecular formula is C14H14N2O4S. The number of phenols is 1. The number of rotatable bonds is 3. The first-order valence-electron chi connectivity index (χ1n) is 5.98. The molecule has 0 aliphatic carbocycles. The minimum atomic E-state index is -3.36. The monoisotopic (exact) mass is 306 g/mol. The Morgan fingerprint density at radius 1 is 1.19 bits per heavy atom. The summed E-state index contributed by atoms with van der Waals surface area (Å²) in [4.78, 5) is 12.2. The molecule has 6 nitrogen and oxygen atoms in total. The SMILES string of the molecule is CS(=O)(=O)c1cccc(NC(=O)c2cccc(N)c2O)c1. The lowest BCUT2D eigenvalue weighted by molar-refractivity contribution is 0.102. The van der Waals surface area contributed by atoms with Gasteiger partial charge < -0.3 is 16.2 Å². The molecule has 0 aromatic heterocycles. The fraction of sp³-hybridized carbons (Fsp3) is 0.0714. The summed E-state index contributed by atoms with van der Waals surface area (Å²) in [6, 6.07) is 10.3. The summed E-state index contributed by atoms with van der Waals surface area (Å²) < 4.78 is 22.9. The molecule has 0 atom stereocenters. The van der Waals surface area contributed by atoms with E-state index in [4.69, 9.17) is 5.73 Å². The Hall–Kier alpha value is -2.54. The maximum absolute atomic E-state index is 12.1. The number of carbonyl (C=O) groups is 1. The lowest BCUT2D eigenvalue weighted by Gasteiger charge is -2.09. The minimum Gasteiger partial charge on any atom is -0.505 e. The van der Waals surface area contributed by atoms with Crippen molar-refractivity contribution in [3.05, 3.63) is 48.0 Å². The molecule has 7 heteroatoms. The van der Waals surface area contributed by atoms with Gasteiger partial charge in [-0.25, -0.2) is 8.42 Å². The second-order valence-corrected chi connectivity index (χ2v) is 6.51. The van der Waals surface area contributed by atoms with E-state index < -0.39 is 15.7 Å². The van der Waals surface area contributed by atoms with E-state index in [0.29, 0.717) is 5.69 Å². The Bertz CT molecular complexity index is 800. The number of sulfone groups is 1. The molecule has 2 rings (SSSR count). The van der Waals surface area contributed by atoms with E-state index >= 15 is 0 Å². The first kappa shape index (κ1) is 14.9. The zero-order valence-electron chi connectivity index (χ0n) is 11.2. The normalized spacial score (nSPS) is 11.1. The van der Waals surface area contributed by atoms with Gasteiger partial charge in [0.1, 0.15) is 0 Å². The third-order valence-electron chi connectivity index (χ3n) is 2.83.